The number of thiol groups is 1. The summed E-state index contributed by atoms with van der Waals surface area (Å²) in [5.74, 6) is -1.80. The molecule has 0 spiro atoms. The van der Waals surface area contributed by atoms with Crippen molar-refractivity contribution >= 4 is 36.1 Å². The van der Waals surface area contributed by atoms with Gasteiger partial charge in [0.1, 0.15) is 0 Å². The second kappa shape index (κ2) is 6.69. The number of Topliss-reactive ketones (excluding diaryl/α,β-unsaturated/α-hetero) is 1. The SMILES string of the molecule is O=C(O)C(S)C(=O)C/C=C/c1ccc([N+](=O)[O-])cc1. The predicted octanol–water partition coefficient (Wildman–Crippen LogP) is 1.95. The molecule has 0 saturated carbocycles. The van der Waals surface area contributed by atoms with Crippen LogP contribution in [-0.2, 0) is 9.59 Å². The van der Waals surface area contributed by atoms with E-state index in [2.05, 4.69) is 12.6 Å². The van der Waals surface area contributed by atoms with E-state index in [1.165, 1.54) is 30.3 Å². The van der Waals surface area contributed by atoms with Gasteiger partial charge in [-0.15, -0.1) is 0 Å². The van der Waals surface area contributed by atoms with Crippen molar-refractivity contribution < 1.29 is 19.6 Å². The number of rotatable bonds is 6. The number of hydrogen-bond acceptors (Lipinski definition) is 5. The molecular formula is C12H11NO5S. The zero-order valence-electron chi connectivity index (χ0n) is 9.72. The minimum absolute atomic E-state index is 0.0190. The fourth-order valence-corrected chi connectivity index (χ4v) is 1.37. The third-order valence-corrected chi connectivity index (χ3v) is 2.78. The molecule has 1 rings (SSSR count). The lowest BCUT2D eigenvalue weighted by Gasteiger charge is -2.00. The van der Waals surface area contributed by atoms with Gasteiger partial charge in [-0.1, -0.05) is 12.2 Å². The number of non-ortho nitro benzene ring substituents is 1. The first-order valence-electron chi connectivity index (χ1n) is 5.26. The van der Waals surface area contributed by atoms with Crippen LogP contribution in [0.2, 0.25) is 0 Å². The highest BCUT2D eigenvalue weighted by Crippen LogP contribution is 2.13. The standard InChI is InChI=1S/C12H11NO5S/c14-10(11(19)12(15)16)3-1-2-8-4-6-9(7-5-8)13(17)18/h1-2,4-7,11,19H,3H2,(H,15,16)/b2-1+. The Morgan fingerprint density at radius 2 is 1.95 bits per heavy atom. The molecule has 0 aliphatic heterocycles. The lowest BCUT2D eigenvalue weighted by Crippen LogP contribution is -2.23. The summed E-state index contributed by atoms with van der Waals surface area (Å²) < 4.78 is 0. The topological polar surface area (TPSA) is 97.5 Å². The van der Waals surface area contributed by atoms with Gasteiger partial charge in [-0.2, -0.15) is 12.6 Å². The molecule has 0 fully saturated rings. The first-order chi connectivity index (χ1) is 8.91. The number of carbonyl (C=O) groups excluding carboxylic acids is 1. The van der Waals surface area contributed by atoms with Crippen LogP contribution in [-0.4, -0.2) is 27.0 Å². The van der Waals surface area contributed by atoms with Crippen LogP contribution in [0.25, 0.3) is 6.08 Å². The number of nitrogens with zero attached hydrogens (tertiary/aromatic N) is 1. The molecule has 0 aliphatic rings. The van der Waals surface area contributed by atoms with Gasteiger partial charge in [0.15, 0.2) is 11.0 Å². The molecule has 1 N–H and O–H groups in total. The Morgan fingerprint density at radius 1 is 1.37 bits per heavy atom. The molecule has 0 heterocycles. The van der Waals surface area contributed by atoms with E-state index in [-0.39, 0.29) is 12.1 Å². The van der Waals surface area contributed by atoms with Crippen molar-refractivity contribution in [1.82, 2.24) is 0 Å². The van der Waals surface area contributed by atoms with Gasteiger partial charge in [0.2, 0.25) is 0 Å². The van der Waals surface area contributed by atoms with Gasteiger partial charge >= 0.3 is 5.97 Å². The summed E-state index contributed by atoms with van der Waals surface area (Å²) in [5, 5.41) is 17.7. The Bertz CT molecular complexity index is 523. The number of benzene rings is 1. The average Bonchev–Trinajstić information content (AvgIpc) is 2.38. The number of carboxylic acids is 1. The smallest absolute Gasteiger partial charge is 0.324 e. The van der Waals surface area contributed by atoms with Crippen LogP contribution in [0.1, 0.15) is 12.0 Å². The summed E-state index contributed by atoms with van der Waals surface area (Å²) in [4.78, 5) is 31.7. The van der Waals surface area contributed by atoms with Gasteiger partial charge in [0.05, 0.1) is 4.92 Å². The van der Waals surface area contributed by atoms with E-state index in [0.717, 1.165) is 0 Å². The van der Waals surface area contributed by atoms with Crippen molar-refractivity contribution in [3.05, 3.63) is 46.0 Å². The van der Waals surface area contributed by atoms with E-state index >= 15 is 0 Å². The molecule has 19 heavy (non-hydrogen) atoms. The molecule has 0 radical (unpaired) electrons. The number of aliphatic carboxylic acids is 1. The zero-order chi connectivity index (χ0) is 14.4. The molecule has 1 atom stereocenters. The van der Waals surface area contributed by atoms with Crippen LogP contribution in [0.3, 0.4) is 0 Å². The number of carboxylic acid groups (broad SMARTS) is 1. The normalized spacial score (nSPS) is 12.3. The van der Waals surface area contributed by atoms with Crippen LogP contribution in [0.5, 0.6) is 0 Å². The molecule has 0 bridgehead atoms. The maximum atomic E-state index is 11.3. The monoisotopic (exact) mass is 281 g/mol. The van der Waals surface area contributed by atoms with Crippen LogP contribution in [0, 0.1) is 10.1 Å². The highest BCUT2D eigenvalue weighted by Gasteiger charge is 2.19. The van der Waals surface area contributed by atoms with E-state index in [1.54, 1.807) is 6.08 Å². The summed E-state index contributed by atoms with van der Waals surface area (Å²) in [5.41, 5.74) is 0.666. The van der Waals surface area contributed by atoms with Gasteiger partial charge in [0.25, 0.3) is 5.69 Å². The Balaban J connectivity index is 2.60. The number of carbonyl (C=O) groups is 2. The lowest BCUT2D eigenvalue weighted by molar-refractivity contribution is -0.384. The van der Waals surface area contributed by atoms with Gasteiger partial charge in [0, 0.05) is 18.6 Å². The molecule has 0 aromatic heterocycles. The summed E-state index contributed by atoms with van der Waals surface area (Å²) in [6.45, 7) is 0. The van der Waals surface area contributed by atoms with Gasteiger partial charge in [-0.3, -0.25) is 19.7 Å². The van der Waals surface area contributed by atoms with Crippen LogP contribution in [0.15, 0.2) is 30.3 Å². The molecule has 1 aromatic carbocycles. The minimum atomic E-state index is -1.33. The summed E-state index contributed by atoms with van der Waals surface area (Å²) in [6.07, 6.45) is 3.02. The van der Waals surface area contributed by atoms with Crippen molar-refractivity contribution in [2.24, 2.45) is 0 Å². The molecule has 1 unspecified atom stereocenters. The Kier molecular flexibility index (Phi) is 5.25. The fraction of sp³-hybridized carbons (Fsp3) is 0.167. The van der Waals surface area contributed by atoms with Gasteiger partial charge in [-0.25, -0.2) is 0 Å². The average molecular weight is 281 g/mol. The van der Waals surface area contributed by atoms with Gasteiger partial charge < -0.3 is 5.11 Å². The fourth-order valence-electron chi connectivity index (χ4n) is 1.27. The largest absolute Gasteiger partial charge is 0.480 e. The molecule has 0 amide bonds. The van der Waals surface area contributed by atoms with Crippen LogP contribution >= 0.6 is 12.6 Å². The highest BCUT2D eigenvalue weighted by molar-refractivity contribution is 7.82. The van der Waals surface area contributed by atoms with Gasteiger partial charge in [-0.05, 0) is 17.7 Å². The molecule has 7 heteroatoms. The Labute approximate surface area is 114 Å². The predicted molar refractivity (Wildman–Crippen MR) is 72.2 cm³/mol. The van der Waals surface area contributed by atoms with E-state index in [1.807, 2.05) is 0 Å². The maximum absolute atomic E-state index is 11.3. The number of ketones is 1. The molecule has 6 nitrogen and oxygen atoms in total. The van der Waals surface area contributed by atoms with E-state index in [0.29, 0.717) is 5.56 Å². The van der Waals surface area contributed by atoms with Crippen LogP contribution < -0.4 is 0 Å². The molecular weight excluding hydrogens is 270 g/mol. The number of nitro groups is 1. The first kappa shape index (κ1) is 14.9. The molecule has 0 aliphatic carbocycles. The van der Waals surface area contributed by atoms with Crippen molar-refractivity contribution in [3.8, 4) is 0 Å². The molecule has 1 aromatic rings. The summed E-state index contributed by atoms with van der Waals surface area (Å²) in [7, 11) is 0. The minimum Gasteiger partial charge on any atom is -0.480 e. The zero-order valence-corrected chi connectivity index (χ0v) is 10.6. The van der Waals surface area contributed by atoms with E-state index < -0.39 is 21.9 Å². The van der Waals surface area contributed by atoms with Crippen LogP contribution in [0.4, 0.5) is 5.69 Å². The Morgan fingerprint density at radius 3 is 2.42 bits per heavy atom. The van der Waals surface area contributed by atoms with Crippen molar-refractivity contribution in [1.29, 1.82) is 0 Å². The summed E-state index contributed by atoms with van der Waals surface area (Å²) in [6, 6.07) is 5.77. The second-order valence-corrected chi connectivity index (χ2v) is 4.18. The third-order valence-electron chi connectivity index (χ3n) is 2.27. The van der Waals surface area contributed by atoms with E-state index in [4.69, 9.17) is 5.11 Å². The lowest BCUT2D eigenvalue weighted by atomic mass is 10.1. The van der Waals surface area contributed by atoms with Crippen molar-refractivity contribution in [2.45, 2.75) is 11.7 Å². The molecule has 0 saturated heterocycles. The number of hydrogen-bond donors (Lipinski definition) is 2. The van der Waals surface area contributed by atoms with Crippen molar-refractivity contribution in [2.75, 3.05) is 0 Å². The maximum Gasteiger partial charge on any atom is 0.324 e. The Hall–Kier alpha value is -2.15. The quantitative estimate of drug-likeness (QED) is 0.359. The third kappa shape index (κ3) is 4.55. The second-order valence-electron chi connectivity index (χ2n) is 3.66. The summed E-state index contributed by atoms with van der Waals surface area (Å²) >= 11 is 3.66. The van der Waals surface area contributed by atoms with Crippen molar-refractivity contribution in [3.63, 3.8) is 0 Å². The highest BCUT2D eigenvalue weighted by atomic mass is 32.1. The molecule has 100 valence electrons. The number of allylic oxidation sites excluding steroid dienone is 1. The first-order valence-corrected chi connectivity index (χ1v) is 5.78. The van der Waals surface area contributed by atoms with E-state index in [9.17, 15) is 19.7 Å². The number of nitro benzene ring substituents is 1.